The van der Waals surface area contributed by atoms with Gasteiger partial charge in [-0.1, -0.05) is 30.3 Å². The van der Waals surface area contributed by atoms with Gasteiger partial charge in [0.05, 0.1) is 22.2 Å². The Morgan fingerprint density at radius 3 is 2.44 bits per heavy atom. The molecule has 32 heavy (non-hydrogen) atoms. The van der Waals surface area contributed by atoms with Gasteiger partial charge in [-0.05, 0) is 42.0 Å². The molecule has 1 N–H and O–H groups in total. The van der Waals surface area contributed by atoms with E-state index in [2.05, 4.69) is 0 Å². The van der Waals surface area contributed by atoms with E-state index in [0.717, 1.165) is 23.2 Å². The van der Waals surface area contributed by atoms with Crippen LogP contribution in [0.1, 0.15) is 17.3 Å². The van der Waals surface area contributed by atoms with Crippen LogP contribution in [0.2, 0.25) is 0 Å². The molecule has 5 nitrogen and oxygen atoms in total. The number of rotatable bonds is 4. The van der Waals surface area contributed by atoms with Crippen molar-refractivity contribution in [3.63, 3.8) is 0 Å². The first kappa shape index (κ1) is 23.8. The van der Waals surface area contributed by atoms with Crippen molar-refractivity contribution in [1.29, 1.82) is 0 Å². The number of alkyl halides is 3. The van der Waals surface area contributed by atoms with E-state index in [1.165, 1.54) is 12.1 Å². The third-order valence-corrected chi connectivity index (χ3v) is 5.17. The van der Waals surface area contributed by atoms with Crippen LogP contribution in [0.25, 0.3) is 22.2 Å². The number of halogens is 3. The van der Waals surface area contributed by atoms with Crippen LogP contribution in [0.5, 0.6) is 0 Å². The number of imidazole rings is 1. The molecular weight excluding hydrogens is 430 g/mol. The van der Waals surface area contributed by atoms with Crippen molar-refractivity contribution in [1.82, 2.24) is 9.55 Å². The first-order chi connectivity index (χ1) is 14.7. The van der Waals surface area contributed by atoms with E-state index in [1.54, 1.807) is 47.8 Å². The Labute approximate surface area is 205 Å². The summed E-state index contributed by atoms with van der Waals surface area (Å²) in [5.74, 6) is -0.573. The van der Waals surface area contributed by atoms with Crippen LogP contribution in [0, 0.1) is 0 Å². The average molecular weight is 449 g/mol. The Balaban J connectivity index is 0.00000193. The molecule has 0 aliphatic heterocycles. The Bertz CT molecular complexity index is 1310. The maximum atomic E-state index is 13.1. The van der Waals surface area contributed by atoms with Crippen molar-refractivity contribution in [2.45, 2.75) is 6.18 Å². The van der Waals surface area contributed by atoms with E-state index in [9.17, 15) is 23.1 Å². The topological polar surface area (TPSA) is 58.4 Å². The number of aromatic nitrogens is 2. The number of benzene rings is 3. The predicted octanol–water partition coefficient (Wildman–Crippen LogP) is 2.84. The molecule has 0 amide bonds. The van der Waals surface area contributed by atoms with E-state index in [-0.39, 0.29) is 36.5 Å². The largest absolute Gasteiger partial charge is 1.00 e. The fourth-order valence-corrected chi connectivity index (χ4v) is 3.56. The van der Waals surface area contributed by atoms with Gasteiger partial charge in [0, 0.05) is 25.3 Å². The van der Waals surface area contributed by atoms with Gasteiger partial charge in [-0.3, -0.25) is 0 Å². The number of carbonyl (C=O) groups is 1. The first-order valence-electron chi connectivity index (χ1n) is 9.37. The number of hydrogen-bond donors (Lipinski definition) is 1. The second-order valence-corrected chi connectivity index (χ2v) is 7.14. The van der Waals surface area contributed by atoms with Gasteiger partial charge in [-0.2, -0.15) is 13.2 Å². The summed E-state index contributed by atoms with van der Waals surface area (Å²) in [6.07, 6.45) is -4.44. The molecule has 0 atom stereocenters. The fourth-order valence-electron chi connectivity index (χ4n) is 3.56. The third kappa shape index (κ3) is 4.39. The van der Waals surface area contributed by atoms with Crippen LogP contribution in [-0.4, -0.2) is 27.7 Å². The molecule has 0 bridgehead atoms. The van der Waals surface area contributed by atoms with Gasteiger partial charge in [-0.15, -0.1) is 0 Å². The number of anilines is 2. The minimum Gasteiger partial charge on any atom is -1.00 e. The second-order valence-electron chi connectivity index (χ2n) is 7.14. The third-order valence-electron chi connectivity index (χ3n) is 5.17. The zero-order valence-corrected chi connectivity index (χ0v) is 19.7. The van der Waals surface area contributed by atoms with Crippen LogP contribution in [0.4, 0.5) is 24.8 Å². The van der Waals surface area contributed by atoms with Crippen molar-refractivity contribution < 1.29 is 54.1 Å². The summed E-state index contributed by atoms with van der Waals surface area (Å²) in [5.41, 5.74) is 2.60. The molecule has 0 aliphatic rings. The van der Waals surface area contributed by atoms with E-state index < -0.39 is 17.7 Å². The summed E-state index contributed by atoms with van der Waals surface area (Å²) >= 11 is 0. The summed E-state index contributed by atoms with van der Waals surface area (Å²) in [4.78, 5) is 17.6. The molecule has 160 valence electrons. The molecule has 0 unspecified atom stereocenters. The molecule has 3 aromatic carbocycles. The van der Waals surface area contributed by atoms with Crippen molar-refractivity contribution in [3.05, 3.63) is 77.9 Å². The Kier molecular flexibility index (Phi) is 6.69. The molecule has 0 saturated heterocycles. The molecule has 4 aromatic rings. The van der Waals surface area contributed by atoms with Crippen LogP contribution in [0.3, 0.4) is 0 Å². The maximum absolute atomic E-state index is 13.1. The number of nitrogens with zero attached hydrogens (tertiary/aromatic N) is 3. The van der Waals surface area contributed by atoms with Gasteiger partial charge >= 0.3 is 41.7 Å². The van der Waals surface area contributed by atoms with E-state index in [0.29, 0.717) is 22.7 Å². The SMILES string of the molecule is CN(c1cccc(C(F)(F)F)c1)c1nc2c(-c3cccc(C(=O)O)c3)cccc2n1C.[H-].[Na+]. The summed E-state index contributed by atoms with van der Waals surface area (Å²) in [7, 11) is 3.44. The Morgan fingerprint density at radius 1 is 1.06 bits per heavy atom. The predicted molar refractivity (Wildman–Crippen MR) is 114 cm³/mol. The standard InChI is InChI=1S/C23H18F3N3O2.Na.H/c1-28(17-9-4-8-16(13-17)23(24,25)26)22-27-20-18(10-5-11-19(20)29(22)2)14-6-3-7-15(12-14)21(30)31;;/h3-13H,1-2H3,(H,30,31);;/q;+1;-1. The molecule has 1 heterocycles. The minimum atomic E-state index is -4.44. The fraction of sp³-hybridized carbons (Fsp3) is 0.130. The molecule has 0 saturated carbocycles. The summed E-state index contributed by atoms with van der Waals surface area (Å²) in [6, 6.07) is 17.1. The summed E-state index contributed by atoms with van der Waals surface area (Å²) < 4.78 is 41.2. The first-order valence-corrected chi connectivity index (χ1v) is 9.37. The maximum Gasteiger partial charge on any atom is 1.00 e. The minimum absolute atomic E-state index is 0. The zero-order valence-electron chi connectivity index (χ0n) is 18.7. The second kappa shape index (κ2) is 8.97. The average Bonchev–Trinajstić information content (AvgIpc) is 3.09. The molecule has 1 aromatic heterocycles. The molecule has 0 fully saturated rings. The van der Waals surface area contributed by atoms with Crippen molar-refractivity contribution in [2.24, 2.45) is 7.05 Å². The number of carboxylic acid groups (broad SMARTS) is 1. The summed E-state index contributed by atoms with van der Waals surface area (Å²) in [5, 5.41) is 9.29. The zero-order chi connectivity index (χ0) is 22.3. The number of para-hydroxylation sites is 1. The Morgan fingerprint density at radius 2 is 1.75 bits per heavy atom. The monoisotopic (exact) mass is 449 g/mol. The van der Waals surface area contributed by atoms with E-state index >= 15 is 0 Å². The molecule has 9 heteroatoms. The molecule has 0 spiro atoms. The van der Waals surface area contributed by atoms with Gasteiger partial charge < -0.3 is 16.0 Å². The molecule has 0 aliphatic carbocycles. The van der Waals surface area contributed by atoms with Crippen LogP contribution in [0.15, 0.2) is 66.7 Å². The normalized spacial score (nSPS) is 11.3. The van der Waals surface area contributed by atoms with E-state index in [4.69, 9.17) is 4.98 Å². The smallest absolute Gasteiger partial charge is 1.00 e. The van der Waals surface area contributed by atoms with Crippen molar-refractivity contribution >= 4 is 28.6 Å². The van der Waals surface area contributed by atoms with Crippen LogP contribution in [-0.2, 0) is 13.2 Å². The van der Waals surface area contributed by atoms with Gasteiger partial charge in [0.2, 0.25) is 5.95 Å². The van der Waals surface area contributed by atoms with Crippen molar-refractivity contribution in [3.8, 4) is 11.1 Å². The number of hydrogen-bond acceptors (Lipinski definition) is 3. The Hall–Kier alpha value is -2.81. The molecule has 4 rings (SSSR count). The quantitative estimate of drug-likeness (QED) is 0.487. The number of aryl methyl sites for hydroxylation is 1. The van der Waals surface area contributed by atoms with E-state index in [1.807, 2.05) is 18.2 Å². The number of carboxylic acids is 1. The molecular formula is C23H19F3N3NaO2. The van der Waals surface area contributed by atoms with Gasteiger partial charge in [0.15, 0.2) is 0 Å². The molecule has 0 radical (unpaired) electrons. The van der Waals surface area contributed by atoms with Gasteiger partial charge in [-0.25, -0.2) is 9.78 Å². The van der Waals surface area contributed by atoms with Crippen LogP contribution < -0.4 is 34.5 Å². The van der Waals surface area contributed by atoms with Crippen LogP contribution >= 0.6 is 0 Å². The number of fused-ring (bicyclic) bond motifs is 1. The van der Waals surface area contributed by atoms with Crippen molar-refractivity contribution in [2.75, 3.05) is 11.9 Å². The summed E-state index contributed by atoms with van der Waals surface area (Å²) in [6.45, 7) is 0. The van der Waals surface area contributed by atoms with Gasteiger partial charge in [0.1, 0.15) is 0 Å². The van der Waals surface area contributed by atoms with Gasteiger partial charge in [0.25, 0.3) is 0 Å². The number of aromatic carboxylic acids is 1.